The first-order chi connectivity index (χ1) is 6.78. The Balaban J connectivity index is 4.05. The summed E-state index contributed by atoms with van der Waals surface area (Å²) in [5.41, 5.74) is 0. The number of aliphatic hydroxyl groups is 1. The molecule has 0 aromatic carbocycles. The number of sulfonamides is 1. The van der Waals surface area contributed by atoms with Gasteiger partial charge in [0, 0.05) is 6.54 Å². The molecule has 0 aliphatic rings. The smallest absolute Gasteiger partial charge is 0.211 e. The Bertz CT molecular complexity index is 262. The lowest BCUT2D eigenvalue weighted by Gasteiger charge is -2.16. The summed E-state index contributed by atoms with van der Waals surface area (Å²) in [4.78, 5) is 0. The summed E-state index contributed by atoms with van der Waals surface area (Å²) in [6.07, 6.45) is 0.227. The molecule has 0 fully saturated rings. The maximum atomic E-state index is 11.5. The van der Waals surface area contributed by atoms with Gasteiger partial charge in [-0.3, -0.25) is 0 Å². The van der Waals surface area contributed by atoms with Gasteiger partial charge in [0.2, 0.25) is 10.0 Å². The number of nitrogens with one attached hydrogen (secondary N) is 1. The second-order valence-corrected chi connectivity index (χ2v) is 6.31. The van der Waals surface area contributed by atoms with Crippen LogP contribution in [0.1, 0.15) is 34.1 Å². The highest BCUT2D eigenvalue weighted by Gasteiger charge is 2.17. The van der Waals surface area contributed by atoms with Crippen molar-refractivity contribution in [3.8, 4) is 0 Å². The minimum Gasteiger partial charge on any atom is -0.391 e. The molecule has 0 amide bonds. The van der Waals surface area contributed by atoms with E-state index in [0.29, 0.717) is 0 Å². The molecule has 0 rings (SSSR count). The van der Waals surface area contributed by atoms with Crippen LogP contribution in [0.3, 0.4) is 0 Å². The number of rotatable bonds is 7. The molecule has 15 heavy (non-hydrogen) atoms. The van der Waals surface area contributed by atoms with Gasteiger partial charge in [-0.05, 0) is 11.8 Å². The molecule has 0 bridgehead atoms. The van der Waals surface area contributed by atoms with Crippen LogP contribution >= 0.6 is 0 Å². The normalized spacial score (nSPS) is 16.7. The van der Waals surface area contributed by atoms with Crippen molar-refractivity contribution in [3.05, 3.63) is 0 Å². The molecule has 0 saturated heterocycles. The lowest BCUT2D eigenvalue weighted by molar-refractivity contribution is 0.129. The van der Waals surface area contributed by atoms with E-state index in [1.54, 1.807) is 0 Å². The van der Waals surface area contributed by atoms with Crippen molar-refractivity contribution in [2.75, 3.05) is 12.3 Å². The van der Waals surface area contributed by atoms with Crippen molar-refractivity contribution in [2.24, 2.45) is 11.8 Å². The molecule has 2 unspecified atom stereocenters. The quantitative estimate of drug-likeness (QED) is 0.693. The van der Waals surface area contributed by atoms with Gasteiger partial charge in [-0.2, -0.15) is 0 Å². The zero-order valence-electron chi connectivity index (χ0n) is 10.0. The molecule has 5 heteroatoms. The zero-order valence-corrected chi connectivity index (χ0v) is 10.8. The van der Waals surface area contributed by atoms with Crippen LogP contribution in [-0.4, -0.2) is 31.9 Å². The molecule has 0 heterocycles. The number of aliphatic hydroxyl groups excluding tert-OH is 1. The highest BCUT2D eigenvalue weighted by molar-refractivity contribution is 7.89. The fourth-order valence-corrected chi connectivity index (χ4v) is 2.53. The topological polar surface area (TPSA) is 66.4 Å². The minimum absolute atomic E-state index is 0.0660. The zero-order chi connectivity index (χ0) is 12.1. The van der Waals surface area contributed by atoms with E-state index in [1.165, 1.54) is 0 Å². The fraction of sp³-hybridized carbons (Fsp3) is 1.00. The van der Waals surface area contributed by atoms with Gasteiger partial charge in [-0.1, -0.05) is 34.1 Å². The van der Waals surface area contributed by atoms with Crippen molar-refractivity contribution in [2.45, 2.75) is 40.2 Å². The van der Waals surface area contributed by atoms with Crippen LogP contribution in [0.15, 0.2) is 0 Å². The first kappa shape index (κ1) is 14.9. The van der Waals surface area contributed by atoms with Crippen LogP contribution in [0.2, 0.25) is 0 Å². The summed E-state index contributed by atoms with van der Waals surface area (Å²) in [6, 6.07) is 0. The summed E-state index contributed by atoms with van der Waals surface area (Å²) in [5, 5.41) is 9.45. The number of hydrogen-bond acceptors (Lipinski definition) is 3. The third kappa shape index (κ3) is 6.87. The molecular weight excluding hydrogens is 214 g/mol. The van der Waals surface area contributed by atoms with E-state index in [2.05, 4.69) is 4.72 Å². The Morgan fingerprint density at radius 1 is 1.27 bits per heavy atom. The Labute approximate surface area is 93.1 Å². The van der Waals surface area contributed by atoms with E-state index in [-0.39, 0.29) is 24.1 Å². The molecule has 4 nitrogen and oxygen atoms in total. The molecule has 0 aliphatic carbocycles. The van der Waals surface area contributed by atoms with Gasteiger partial charge in [0.15, 0.2) is 0 Å². The van der Waals surface area contributed by atoms with Gasteiger partial charge in [0.25, 0.3) is 0 Å². The average Bonchev–Trinajstić information content (AvgIpc) is 2.13. The fourth-order valence-electron chi connectivity index (χ4n) is 0.999. The molecule has 0 aliphatic heterocycles. The van der Waals surface area contributed by atoms with Gasteiger partial charge in [-0.25, -0.2) is 13.1 Å². The first-order valence-corrected chi connectivity index (χ1v) is 7.09. The van der Waals surface area contributed by atoms with Crippen LogP contribution in [0, 0.1) is 11.8 Å². The Hall–Kier alpha value is -0.130. The molecule has 0 aromatic heterocycles. The van der Waals surface area contributed by atoms with Crippen molar-refractivity contribution >= 4 is 10.0 Å². The largest absolute Gasteiger partial charge is 0.391 e. The summed E-state index contributed by atoms with van der Waals surface area (Å²) in [7, 11) is -3.23. The molecule has 0 saturated carbocycles. The molecular formula is C10H23NO3S. The first-order valence-electron chi connectivity index (χ1n) is 5.44. The molecule has 0 radical (unpaired) electrons. The van der Waals surface area contributed by atoms with E-state index < -0.39 is 16.1 Å². The van der Waals surface area contributed by atoms with E-state index >= 15 is 0 Å². The summed E-state index contributed by atoms with van der Waals surface area (Å²) in [5.74, 6) is 0.351. The van der Waals surface area contributed by atoms with Crippen LogP contribution in [0.25, 0.3) is 0 Å². The second-order valence-electron chi connectivity index (χ2n) is 4.45. The third-order valence-electron chi connectivity index (χ3n) is 2.48. The summed E-state index contributed by atoms with van der Waals surface area (Å²) in [6.45, 7) is 7.68. The van der Waals surface area contributed by atoms with E-state index in [0.717, 1.165) is 6.42 Å². The van der Waals surface area contributed by atoms with Crippen molar-refractivity contribution in [1.29, 1.82) is 0 Å². The highest BCUT2D eigenvalue weighted by Crippen LogP contribution is 2.05. The third-order valence-corrected chi connectivity index (χ3v) is 4.10. The SMILES string of the molecule is CCC(C)CS(=O)(=O)NCC(O)C(C)C. The van der Waals surface area contributed by atoms with E-state index in [9.17, 15) is 13.5 Å². The molecule has 92 valence electrons. The van der Waals surface area contributed by atoms with Crippen molar-refractivity contribution in [1.82, 2.24) is 4.72 Å². The standard InChI is InChI=1S/C10H23NO3S/c1-5-9(4)7-15(13,14)11-6-10(12)8(2)3/h8-12H,5-7H2,1-4H3. The van der Waals surface area contributed by atoms with Gasteiger partial charge in [0.05, 0.1) is 11.9 Å². The predicted molar refractivity (Wildman–Crippen MR) is 62.1 cm³/mol. The number of hydrogen-bond donors (Lipinski definition) is 2. The second kappa shape index (κ2) is 6.45. The van der Waals surface area contributed by atoms with Gasteiger partial charge >= 0.3 is 0 Å². The maximum absolute atomic E-state index is 11.5. The Morgan fingerprint density at radius 3 is 2.20 bits per heavy atom. The van der Waals surface area contributed by atoms with Gasteiger partial charge in [0.1, 0.15) is 0 Å². The monoisotopic (exact) mass is 237 g/mol. The lowest BCUT2D eigenvalue weighted by Crippen LogP contribution is -2.37. The van der Waals surface area contributed by atoms with Gasteiger partial charge in [-0.15, -0.1) is 0 Å². The van der Waals surface area contributed by atoms with Crippen molar-refractivity contribution < 1.29 is 13.5 Å². The van der Waals surface area contributed by atoms with Crippen LogP contribution in [-0.2, 0) is 10.0 Å². The average molecular weight is 237 g/mol. The van der Waals surface area contributed by atoms with Gasteiger partial charge < -0.3 is 5.11 Å². The van der Waals surface area contributed by atoms with Crippen LogP contribution < -0.4 is 4.72 Å². The molecule has 2 N–H and O–H groups in total. The Morgan fingerprint density at radius 2 is 1.80 bits per heavy atom. The lowest BCUT2D eigenvalue weighted by atomic mass is 10.1. The van der Waals surface area contributed by atoms with Crippen molar-refractivity contribution in [3.63, 3.8) is 0 Å². The Kier molecular flexibility index (Phi) is 6.40. The predicted octanol–water partition coefficient (Wildman–Crippen LogP) is 0.969. The maximum Gasteiger partial charge on any atom is 0.211 e. The highest BCUT2D eigenvalue weighted by atomic mass is 32.2. The molecule has 0 spiro atoms. The molecule has 2 atom stereocenters. The minimum atomic E-state index is -3.23. The van der Waals surface area contributed by atoms with Crippen LogP contribution in [0.4, 0.5) is 0 Å². The van der Waals surface area contributed by atoms with E-state index in [1.807, 2.05) is 27.7 Å². The molecule has 0 aromatic rings. The summed E-state index contributed by atoms with van der Waals surface area (Å²) >= 11 is 0. The van der Waals surface area contributed by atoms with E-state index in [4.69, 9.17) is 0 Å². The summed E-state index contributed by atoms with van der Waals surface area (Å²) < 4.78 is 25.4. The van der Waals surface area contributed by atoms with Crippen LogP contribution in [0.5, 0.6) is 0 Å².